The van der Waals surface area contributed by atoms with Crippen molar-refractivity contribution < 1.29 is 75.8 Å². The fourth-order valence-electron chi connectivity index (χ4n) is 9.19. The maximum absolute atomic E-state index is 13.0. The van der Waals surface area contributed by atoms with Crippen molar-refractivity contribution in [3.05, 3.63) is 287 Å². The van der Waals surface area contributed by atoms with E-state index in [-0.39, 0.29) is 38.8 Å². The third kappa shape index (κ3) is 18.7. The van der Waals surface area contributed by atoms with Crippen LogP contribution in [-0.2, 0) is 56.8 Å². The molecule has 0 spiro atoms. The van der Waals surface area contributed by atoms with Crippen molar-refractivity contribution in [3.63, 3.8) is 0 Å². The van der Waals surface area contributed by atoms with Crippen molar-refractivity contribution in [1.29, 1.82) is 0 Å². The number of rotatable bonds is 26. The van der Waals surface area contributed by atoms with Crippen molar-refractivity contribution in [2.45, 2.75) is 24.4 Å². The molecule has 0 bridgehead atoms. The topological polar surface area (TPSA) is 204 Å². The number of phenolic OH excluding ortho intramolecular Hbond substituents is 1. The average molecular weight is 1220 g/mol. The summed E-state index contributed by atoms with van der Waals surface area (Å²) in [5.74, 6) is 3.17. The lowest BCUT2D eigenvalue weighted by Crippen LogP contribution is -2.32. The van der Waals surface area contributed by atoms with E-state index in [2.05, 4.69) is 16.7 Å². The van der Waals surface area contributed by atoms with E-state index < -0.39 is 32.4 Å². The second-order valence-electron chi connectivity index (χ2n) is 19.5. The van der Waals surface area contributed by atoms with Crippen LogP contribution in [0.1, 0.15) is 54.9 Å². The summed E-state index contributed by atoms with van der Waals surface area (Å²) in [7, 11) is -0.231. The van der Waals surface area contributed by atoms with Crippen LogP contribution in [0.3, 0.4) is 0 Å². The van der Waals surface area contributed by atoms with E-state index >= 15 is 0 Å². The molecular formula is C69H72O16P2. The standard InChI is InChI=1S/C38H37O8P.C28H26O4.C3H9O4P/c1-41-34-22-16-32(17-23-34)38(31-12-8-5-9-13-31,33-18-24-35(42-2)25-19-33)44-28-29-14-20-36(21-15-29)46-47(3,40)45-27-26-43-37(39)30-10-6-4-7-11-30;1-30-26-16-10-23(11-17-26)28(22-6-4-3-5-7-22,24-12-18-27(31-2)19-13-24)32-20-21-8-14-25(29)15-9-21;1-8(5,6)7-3-2-4/h4-25H,26-28H2,1-3H3;3-19,29H,20H2,1-2H3;4H,2-3H2,1H3,(H,5,6). The highest BCUT2D eigenvalue weighted by molar-refractivity contribution is 7.53. The van der Waals surface area contributed by atoms with Crippen LogP contribution in [0.4, 0.5) is 0 Å². The van der Waals surface area contributed by atoms with Gasteiger partial charge in [0.2, 0.25) is 0 Å². The maximum Gasteiger partial charge on any atom is 0.376 e. The Morgan fingerprint density at radius 1 is 0.414 bits per heavy atom. The van der Waals surface area contributed by atoms with Crippen molar-refractivity contribution >= 4 is 21.2 Å². The number of aliphatic hydroxyl groups excluding tert-OH is 1. The van der Waals surface area contributed by atoms with Crippen LogP contribution in [0.5, 0.6) is 34.5 Å². The quantitative estimate of drug-likeness (QED) is 0.0200. The zero-order valence-electron chi connectivity index (χ0n) is 49.3. The van der Waals surface area contributed by atoms with Gasteiger partial charge in [0.25, 0.3) is 0 Å². The van der Waals surface area contributed by atoms with Gasteiger partial charge in [0.05, 0.1) is 67.0 Å². The Balaban J connectivity index is 0.000000232. The van der Waals surface area contributed by atoms with Gasteiger partial charge >= 0.3 is 21.2 Å². The molecule has 16 nitrogen and oxygen atoms in total. The molecule has 0 saturated heterocycles. The summed E-state index contributed by atoms with van der Waals surface area (Å²) in [5, 5.41) is 17.7. The van der Waals surface area contributed by atoms with E-state index in [1.54, 1.807) is 77.0 Å². The first-order chi connectivity index (χ1) is 42.0. The van der Waals surface area contributed by atoms with Gasteiger partial charge in [-0.15, -0.1) is 0 Å². The minimum Gasteiger partial charge on any atom is -0.508 e. The first kappa shape index (κ1) is 66.0. The minimum absolute atomic E-state index is 0.0588. The molecular weight excluding hydrogens is 1150 g/mol. The summed E-state index contributed by atoms with van der Waals surface area (Å²) in [6.07, 6.45) is 0. The summed E-state index contributed by atoms with van der Waals surface area (Å²) in [5.41, 5.74) is 6.21. The van der Waals surface area contributed by atoms with Crippen LogP contribution in [0, 0.1) is 0 Å². The number of aliphatic hydroxyl groups is 1. The molecule has 0 radical (unpaired) electrons. The van der Waals surface area contributed by atoms with Gasteiger partial charge in [-0.05, 0) is 129 Å². The van der Waals surface area contributed by atoms with Gasteiger partial charge in [-0.25, -0.2) is 9.36 Å². The highest BCUT2D eigenvalue weighted by Gasteiger charge is 2.39. The summed E-state index contributed by atoms with van der Waals surface area (Å²) in [6.45, 7) is 2.62. The van der Waals surface area contributed by atoms with Crippen molar-refractivity contribution in [2.24, 2.45) is 0 Å². The fourth-order valence-corrected chi connectivity index (χ4v) is 10.6. The molecule has 2 atom stereocenters. The Kier molecular flexibility index (Phi) is 24.5. The van der Waals surface area contributed by atoms with Gasteiger partial charge in [-0.3, -0.25) is 9.09 Å². The van der Waals surface area contributed by atoms with Gasteiger partial charge in [-0.2, -0.15) is 0 Å². The van der Waals surface area contributed by atoms with Crippen molar-refractivity contribution in [2.75, 3.05) is 68.2 Å². The molecule has 87 heavy (non-hydrogen) atoms. The molecule has 0 saturated carbocycles. The van der Waals surface area contributed by atoms with Crippen LogP contribution < -0.4 is 23.5 Å². The van der Waals surface area contributed by atoms with E-state index in [4.69, 9.17) is 52.2 Å². The number of ether oxygens (including phenoxy) is 7. The van der Waals surface area contributed by atoms with E-state index in [0.717, 1.165) is 74.2 Å². The van der Waals surface area contributed by atoms with Crippen LogP contribution in [-0.4, -0.2) is 89.3 Å². The number of carbonyl (C=O) groups is 1. The highest BCUT2D eigenvalue weighted by Crippen LogP contribution is 2.46. The lowest BCUT2D eigenvalue weighted by molar-refractivity contribution is 0.000104. The molecule has 3 N–H and O–H groups in total. The van der Waals surface area contributed by atoms with E-state index in [1.165, 1.54) is 6.66 Å². The van der Waals surface area contributed by atoms with Gasteiger partial charge in [0.1, 0.15) is 52.3 Å². The number of hydrogen-bond acceptors (Lipinski definition) is 15. The predicted octanol–water partition coefficient (Wildman–Crippen LogP) is 14.0. The first-order valence-corrected chi connectivity index (χ1v) is 31.6. The molecule has 9 aromatic rings. The Hall–Kier alpha value is -8.53. The molecule has 0 heterocycles. The summed E-state index contributed by atoms with van der Waals surface area (Å²) in [4.78, 5) is 20.5. The van der Waals surface area contributed by atoms with Crippen LogP contribution in [0.2, 0.25) is 0 Å². The lowest BCUT2D eigenvalue weighted by Gasteiger charge is -2.36. The smallest absolute Gasteiger partial charge is 0.376 e. The molecule has 0 aliphatic rings. The van der Waals surface area contributed by atoms with Gasteiger partial charge in [-0.1, -0.05) is 152 Å². The van der Waals surface area contributed by atoms with Gasteiger partial charge < -0.3 is 57.3 Å². The SMILES string of the molecule is COc1ccc(C(OCc2ccc(O)cc2)(c2ccccc2)c2ccc(OC)cc2)cc1.COc1ccc(C(OCc2ccc(OP(C)(=O)OCCOC(=O)c3ccccc3)cc2)(c2ccccc2)c2ccc(OC)cc2)cc1.CP(=O)(O)OCCO. The number of carbonyl (C=O) groups excluding carboxylic acids is 1. The zero-order valence-corrected chi connectivity index (χ0v) is 51.1. The molecule has 0 fully saturated rings. The van der Waals surface area contributed by atoms with Crippen molar-refractivity contribution in [1.82, 2.24) is 0 Å². The second kappa shape index (κ2) is 32.3. The number of methoxy groups -OCH3 is 4. The lowest BCUT2D eigenvalue weighted by atomic mass is 9.80. The van der Waals surface area contributed by atoms with E-state index in [9.17, 15) is 19.0 Å². The predicted molar refractivity (Wildman–Crippen MR) is 334 cm³/mol. The molecule has 0 aliphatic carbocycles. The Morgan fingerprint density at radius 3 is 1.08 bits per heavy atom. The number of phenols is 1. The summed E-state index contributed by atoms with van der Waals surface area (Å²) < 4.78 is 79.1. The van der Waals surface area contributed by atoms with E-state index in [0.29, 0.717) is 17.9 Å². The number of aromatic hydroxyl groups is 1. The summed E-state index contributed by atoms with van der Waals surface area (Å²) in [6, 6.07) is 74.7. The zero-order chi connectivity index (χ0) is 62.1. The summed E-state index contributed by atoms with van der Waals surface area (Å²) >= 11 is 0. The number of benzene rings is 9. The molecule has 2 unspecified atom stereocenters. The Bertz CT molecular complexity index is 3480. The Labute approximate surface area is 508 Å². The molecule has 9 rings (SSSR count). The maximum atomic E-state index is 13.0. The van der Waals surface area contributed by atoms with Gasteiger partial charge in [0, 0.05) is 13.3 Å². The van der Waals surface area contributed by atoms with E-state index in [1.807, 2.05) is 176 Å². The largest absolute Gasteiger partial charge is 0.508 e. The number of esters is 1. The molecule has 0 aliphatic heterocycles. The van der Waals surface area contributed by atoms with Crippen LogP contribution in [0.15, 0.2) is 237 Å². The second-order valence-corrected chi connectivity index (χ2v) is 23.3. The third-order valence-electron chi connectivity index (χ3n) is 13.5. The third-order valence-corrected chi connectivity index (χ3v) is 15.3. The minimum atomic E-state index is -3.48. The number of hydrogen-bond donors (Lipinski definition) is 3. The Morgan fingerprint density at radius 2 is 0.747 bits per heavy atom. The van der Waals surface area contributed by atoms with Crippen LogP contribution >= 0.6 is 15.2 Å². The normalized spacial score (nSPS) is 12.5. The molecule has 9 aromatic carbocycles. The molecule has 0 amide bonds. The van der Waals surface area contributed by atoms with Crippen molar-refractivity contribution in [3.8, 4) is 34.5 Å². The average Bonchev–Trinajstić information content (AvgIpc) is 1.31. The molecule has 0 aromatic heterocycles. The van der Waals surface area contributed by atoms with Crippen LogP contribution in [0.25, 0.3) is 0 Å². The monoisotopic (exact) mass is 1220 g/mol. The molecule has 18 heteroatoms. The fraction of sp³-hybridized carbons (Fsp3) is 0.203. The molecule has 454 valence electrons. The van der Waals surface area contributed by atoms with Gasteiger partial charge in [0.15, 0.2) is 0 Å². The first-order valence-electron chi connectivity index (χ1n) is 27.6. The highest BCUT2D eigenvalue weighted by atomic mass is 31.2.